The fraction of sp³-hybridized carbons (Fsp3) is 0.462. The summed E-state index contributed by atoms with van der Waals surface area (Å²) in [5.41, 5.74) is 5.96. The van der Waals surface area contributed by atoms with Crippen LogP contribution in [0.1, 0.15) is 30.1 Å². The lowest BCUT2D eigenvalue weighted by molar-refractivity contribution is 0.0954. The van der Waals surface area contributed by atoms with Gasteiger partial charge in [-0.05, 0) is 31.5 Å². The highest BCUT2D eigenvalue weighted by Crippen LogP contribution is 2.16. The molecule has 4 N–H and O–H groups in total. The van der Waals surface area contributed by atoms with Gasteiger partial charge in [-0.2, -0.15) is 0 Å². The summed E-state index contributed by atoms with van der Waals surface area (Å²) in [6, 6.07) is 6.53. The van der Waals surface area contributed by atoms with Crippen molar-refractivity contribution < 1.29 is 13.2 Å². The second-order valence-corrected chi connectivity index (χ2v) is 6.21. The van der Waals surface area contributed by atoms with Crippen molar-refractivity contribution in [1.82, 2.24) is 5.32 Å². The molecule has 0 aliphatic heterocycles. The van der Waals surface area contributed by atoms with E-state index in [4.69, 9.17) is 5.73 Å². The molecule has 0 saturated carbocycles. The predicted molar refractivity (Wildman–Crippen MR) is 80.1 cm³/mol. The summed E-state index contributed by atoms with van der Waals surface area (Å²) in [6.45, 7) is 2.74. The average Bonchev–Trinajstić information content (AvgIpc) is 2.39. The highest BCUT2D eigenvalue weighted by molar-refractivity contribution is 7.92. The molecule has 0 aliphatic carbocycles. The second kappa shape index (κ2) is 7.86. The lowest BCUT2D eigenvalue weighted by Gasteiger charge is -2.12. The Morgan fingerprint density at radius 2 is 2.00 bits per heavy atom. The van der Waals surface area contributed by atoms with E-state index in [9.17, 15) is 13.2 Å². The lowest BCUT2D eigenvalue weighted by Crippen LogP contribution is -2.27. The van der Waals surface area contributed by atoms with Crippen molar-refractivity contribution in [3.05, 3.63) is 29.8 Å². The van der Waals surface area contributed by atoms with Crippen LogP contribution in [0, 0.1) is 0 Å². The number of carbonyl (C=O) groups is 1. The normalized spacial score (nSPS) is 11.1. The first-order chi connectivity index (χ1) is 9.50. The summed E-state index contributed by atoms with van der Waals surface area (Å²) in [5, 5.41) is 2.70. The summed E-state index contributed by atoms with van der Waals surface area (Å²) in [4.78, 5) is 12.0. The van der Waals surface area contributed by atoms with Gasteiger partial charge < -0.3 is 11.1 Å². The Labute approximate surface area is 119 Å². The van der Waals surface area contributed by atoms with Crippen molar-refractivity contribution in [1.29, 1.82) is 0 Å². The minimum Gasteiger partial charge on any atom is -0.352 e. The van der Waals surface area contributed by atoms with Crippen molar-refractivity contribution in [2.45, 2.75) is 19.8 Å². The van der Waals surface area contributed by atoms with E-state index >= 15 is 0 Å². The molecule has 0 saturated heterocycles. The van der Waals surface area contributed by atoms with E-state index in [2.05, 4.69) is 10.0 Å². The quantitative estimate of drug-likeness (QED) is 0.621. The number of anilines is 1. The van der Waals surface area contributed by atoms with Crippen molar-refractivity contribution >= 4 is 21.6 Å². The second-order valence-electron chi connectivity index (χ2n) is 4.36. The zero-order valence-electron chi connectivity index (χ0n) is 11.6. The fourth-order valence-corrected chi connectivity index (χ4v) is 2.81. The van der Waals surface area contributed by atoms with Gasteiger partial charge in [-0.1, -0.05) is 19.1 Å². The minimum absolute atomic E-state index is 0.0239. The van der Waals surface area contributed by atoms with E-state index in [1.165, 1.54) is 0 Å². The van der Waals surface area contributed by atoms with E-state index in [1.54, 1.807) is 31.2 Å². The van der Waals surface area contributed by atoms with Crippen molar-refractivity contribution in [3.8, 4) is 0 Å². The molecule has 0 fully saturated rings. The van der Waals surface area contributed by atoms with Crippen LogP contribution in [0.2, 0.25) is 0 Å². The SMILES string of the molecule is CCCS(=O)(=O)Nc1ccccc1C(=O)NCCCN. The largest absolute Gasteiger partial charge is 0.352 e. The predicted octanol–water partition coefficient (Wildman–Crippen LogP) is 0.917. The smallest absolute Gasteiger partial charge is 0.253 e. The molecule has 7 heteroatoms. The summed E-state index contributed by atoms with van der Waals surface area (Å²) in [6.07, 6.45) is 1.19. The molecule has 0 atom stereocenters. The molecule has 0 spiro atoms. The molecule has 0 aliphatic rings. The molecule has 20 heavy (non-hydrogen) atoms. The number of sulfonamides is 1. The maximum atomic E-state index is 12.0. The van der Waals surface area contributed by atoms with Crippen LogP contribution in [0.3, 0.4) is 0 Å². The highest BCUT2D eigenvalue weighted by Gasteiger charge is 2.15. The summed E-state index contributed by atoms with van der Waals surface area (Å²) in [7, 11) is -3.42. The molecule has 1 rings (SSSR count). The van der Waals surface area contributed by atoms with E-state index in [0.29, 0.717) is 37.2 Å². The molecule has 0 radical (unpaired) electrons. The van der Waals surface area contributed by atoms with Gasteiger partial charge in [-0.3, -0.25) is 9.52 Å². The Kier molecular flexibility index (Phi) is 6.47. The molecule has 1 aromatic rings. The van der Waals surface area contributed by atoms with Crippen LogP contribution in [-0.2, 0) is 10.0 Å². The van der Waals surface area contributed by atoms with Crippen LogP contribution in [0.25, 0.3) is 0 Å². The third-order valence-electron chi connectivity index (χ3n) is 2.58. The van der Waals surface area contributed by atoms with E-state index in [-0.39, 0.29) is 11.7 Å². The third-order valence-corrected chi connectivity index (χ3v) is 4.05. The summed E-state index contributed by atoms with van der Waals surface area (Å²) in [5.74, 6) is -0.288. The maximum Gasteiger partial charge on any atom is 0.253 e. The molecule has 1 amide bonds. The minimum atomic E-state index is -3.42. The average molecular weight is 299 g/mol. The standard InChI is InChI=1S/C13H21N3O3S/c1-2-10-20(18,19)16-12-7-4-3-6-11(12)13(17)15-9-5-8-14/h3-4,6-7,16H,2,5,8-10,14H2,1H3,(H,15,17). The number of amides is 1. The van der Waals surface area contributed by atoms with Crippen LogP contribution in [0.5, 0.6) is 0 Å². The van der Waals surface area contributed by atoms with Crippen LogP contribution >= 0.6 is 0 Å². The number of para-hydroxylation sites is 1. The van der Waals surface area contributed by atoms with Gasteiger partial charge in [-0.15, -0.1) is 0 Å². The molecule has 1 aromatic carbocycles. The van der Waals surface area contributed by atoms with Crippen LogP contribution in [0.4, 0.5) is 5.69 Å². The first-order valence-electron chi connectivity index (χ1n) is 6.58. The number of benzene rings is 1. The first kappa shape index (κ1) is 16.5. The molecule has 0 heterocycles. The van der Waals surface area contributed by atoms with Gasteiger partial charge in [0, 0.05) is 6.54 Å². The van der Waals surface area contributed by atoms with Gasteiger partial charge in [0.05, 0.1) is 17.0 Å². The molecular weight excluding hydrogens is 278 g/mol. The Bertz CT molecular complexity index is 544. The number of carbonyl (C=O) groups excluding carboxylic acids is 1. The summed E-state index contributed by atoms with van der Waals surface area (Å²) < 4.78 is 26.0. The maximum absolute atomic E-state index is 12.0. The van der Waals surface area contributed by atoms with Gasteiger partial charge in [0.1, 0.15) is 0 Å². The lowest BCUT2D eigenvalue weighted by atomic mass is 10.1. The Hall–Kier alpha value is -1.60. The molecule has 0 unspecified atom stereocenters. The monoisotopic (exact) mass is 299 g/mol. The van der Waals surface area contributed by atoms with Crippen molar-refractivity contribution in [3.63, 3.8) is 0 Å². The number of nitrogens with two attached hydrogens (primary N) is 1. The van der Waals surface area contributed by atoms with Gasteiger partial charge >= 0.3 is 0 Å². The Morgan fingerprint density at radius 1 is 1.30 bits per heavy atom. The number of hydrogen-bond donors (Lipinski definition) is 3. The van der Waals surface area contributed by atoms with Crippen LogP contribution in [0.15, 0.2) is 24.3 Å². The molecular formula is C13H21N3O3S. The van der Waals surface area contributed by atoms with Gasteiger partial charge in [0.15, 0.2) is 0 Å². The number of hydrogen-bond acceptors (Lipinski definition) is 4. The van der Waals surface area contributed by atoms with Gasteiger partial charge in [0.25, 0.3) is 5.91 Å². The Morgan fingerprint density at radius 3 is 2.65 bits per heavy atom. The number of rotatable bonds is 8. The van der Waals surface area contributed by atoms with Crippen LogP contribution < -0.4 is 15.8 Å². The van der Waals surface area contributed by atoms with Crippen LogP contribution in [-0.4, -0.2) is 33.2 Å². The van der Waals surface area contributed by atoms with Crippen molar-refractivity contribution in [2.75, 3.05) is 23.6 Å². The zero-order chi connectivity index (χ0) is 15.0. The summed E-state index contributed by atoms with van der Waals surface area (Å²) >= 11 is 0. The topological polar surface area (TPSA) is 101 Å². The first-order valence-corrected chi connectivity index (χ1v) is 8.23. The van der Waals surface area contributed by atoms with Gasteiger partial charge in [0.2, 0.25) is 10.0 Å². The van der Waals surface area contributed by atoms with Crippen molar-refractivity contribution in [2.24, 2.45) is 5.73 Å². The zero-order valence-corrected chi connectivity index (χ0v) is 12.4. The molecule has 0 bridgehead atoms. The fourth-order valence-electron chi connectivity index (χ4n) is 1.66. The molecule has 112 valence electrons. The van der Waals surface area contributed by atoms with E-state index in [1.807, 2.05) is 0 Å². The number of nitrogens with one attached hydrogen (secondary N) is 2. The van der Waals surface area contributed by atoms with E-state index < -0.39 is 10.0 Å². The third kappa shape index (κ3) is 5.18. The Balaban J connectivity index is 2.85. The highest BCUT2D eigenvalue weighted by atomic mass is 32.2. The molecule has 0 aromatic heterocycles. The van der Waals surface area contributed by atoms with Gasteiger partial charge in [-0.25, -0.2) is 8.42 Å². The molecule has 6 nitrogen and oxygen atoms in total. The van der Waals surface area contributed by atoms with E-state index in [0.717, 1.165) is 0 Å².